The van der Waals surface area contributed by atoms with Crippen molar-refractivity contribution in [1.82, 2.24) is 10.2 Å². The number of amides is 1. The van der Waals surface area contributed by atoms with E-state index in [4.69, 9.17) is 0 Å². The van der Waals surface area contributed by atoms with Crippen molar-refractivity contribution in [3.63, 3.8) is 0 Å². The third-order valence-electron chi connectivity index (χ3n) is 3.68. The first kappa shape index (κ1) is 18.4. The van der Waals surface area contributed by atoms with Crippen molar-refractivity contribution in [3.05, 3.63) is 28.2 Å². The summed E-state index contributed by atoms with van der Waals surface area (Å²) >= 11 is 3.49. The number of rotatable bonds is 5. The van der Waals surface area contributed by atoms with Crippen LogP contribution in [0.25, 0.3) is 0 Å². The monoisotopic (exact) mass is 375 g/mol. The maximum Gasteiger partial charge on any atom is 0.238 e. The number of halogens is 2. The first-order chi connectivity index (χ1) is 9.60. The Labute approximate surface area is 141 Å². The number of nitrogens with zero attached hydrogens (tertiary/aromatic N) is 1. The number of likely N-dealkylation sites (tertiary alicyclic amines) is 1. The minimum Gasteiger partial charge on any atom is -0.324 e. The molecule has 1 aromatic carbocycles. The quantitative estimate of drug-likeness (QED) is 0.830. The van der Waals surface area contributed by atoms with Crippen LogP contribution in [0.3, 0.4) is 0 Å². The molecular formula is C15H23BrClN3O. The van der Waals surface area contributed by atoms with Gasteiger partial charge < -0.3 is 10.6 Å². The van der Waals surface area contributed by atoms with Gasteiger partial charge in [0.1, 0.15) is 0 Å². The van der Waals surface area contributed by atoms with Gasteiger partial charge in [0.15, 0.2) is 0 Å². The molecule has 1 aromatic rings. The lowest BCUT2D eigenvalue weighted by atomic mass is 10.2. The van der Waals surface area contributed by atoms with E-state index in [-0.39, 0.29) is 18.3 Å². The zero-order valence-corrected chi connectivity index (χ0v) is 14.9. The summed E-state index contributed by atoms with van der Waals surface area (Å²) in [4.78, 5) is 14.4. The van der Waals surface area contributed by atoms with Crippen molar-refractivity contribution in [1.29, 1.82) is 0 Å². The van der Waals surface area contributed by atoms with E-state index in [1.807, 2.05) is 32.2 Å². The van der Waals surface area contributed by atoms with E-state index >= 15 is 0 Å². The second-order valence-electron chi connectivity index (χ2n) is 5.36. The number of carbonyl (C=O) groups is 1. The van der Waals surface area contributed by atoms with E-state index in [1.54, 1.807) is 0 Å². The van der Waals surface area contributed by atoms with Crippen molar-refractivity contribution >= 4 is 39.9 Å². The fourth-order valence-electron chi connectivity index (χ4n) is 2.67. The molecule has 118 valence electrons. The lowest BCUT2D eigenvalue weighted by Crippen LogP contribution is -2.41. The third kappa shape index (κ3) is 5.25. The molecule has 1 amide bonds. The van der Waals surface area contributed by atoms with Gasteiger partial charge in [-0.15, -0.1) is 12.4 Å². The van der Waals surface area contributed by atoms with Gasteiger partial charge in [-0.25, -0.2) is 0 Å². The molecule has 1 unspecified atom stereocenters. The molecule has 1 heterocycles. The lowest BCUT2D eigenvalue weighted by molar-refractivity contribution is -0.117. The number of hydrogen-bond donors (Lipinski definition) is 2. The van der Waals surface area contributed by atoms with Gasteiger partial charge in [0.05, 0.1) is 12.2 Å². The Hall–Kier alpha value is -0.620. The minimum atomic E-state index is 0. The van der Waals surface area contributed by atoms with Crippen LogP contribution in [0.5, 0.6) is 0 Å². The summed E-state index contributed by atoms with van der Waals surface area (Å²) in [7, 11) is 1.96. The molecule has 1 aliphatic heterocycles. The van der Waals surface area contributed by atoms with E-state index in [0.29, 0.717) is 12.6 Å². The highest BCUT2D eigenvalue weighted by Gasteiger charge is 2.25. The highest BCUT2D eigenvalue weighted by molar-refractivity contribution is 9.10. The summed E-state index contributed by atoms with van der Waals surface area (Å²) in [6, 6.07) is 6.43. The zero-order chi connectivity index (χ0) is 14.5. The predicted octanol–water partition coefficient (Wildman–Crippen LogP) is 2.80. The number of benzene rings is 1. The molecule has 0 aromatic heterocycles. The molecule has 4 nitrogen and oxygen atoms in total. The number of likely N-dealkylation sites (N-methyl/N-ethyl adjacent to an activating group) is 1. The van der Waals surface area contributed by atoms with E-state index in [9.17, 15) is 4.79 Å². The van der Waals surface area contributed by atoms with Gasteiger partial charge >= 0.3 is 0 Å². The first-order valence-electron chi connectivity index (χ1n) is 7.05. The number of anilines is 1. The Morgan fingerprint density at radius 1 is 1.48 bits per heavy atom. The number of hydrogen-bond acceptors (Lipinski definition) is 3. The highest BCUT2D eigenvalue weighted by atomic mass is 79.9. The van der Waals surface area contributed by atoms with Crippen LogP contribution in [-0.2, 0) is 4.79 Å². The van der Waals surface area contributed by atoms with E-state index in [1.165, 1.54) is 18.4 Å². The number of aryl methyl sites for hydroxylation is 1. The Kier molecular flexibility index (Phi) is 7.66. The van der Waals surface area contributed by atoms with Gasteiger partial charge in [0.2, 0.25) is 5.91 Å². The first-order valence-corrected chi connectivity index (χ1v) is 7.84. The Balaban J connectivity index is 0.00000220. The van der Waals surface area contributed by atoms with Crippen LogP contribution in [0.2, 0.25) is 0 Å². The van der Waals surface area contributed by atoms with E-state index in [0.717, 1.165) is 23.2 Å². The third-order valence-corrected chi connectivity index (χ3v) is 4.34. The molecule has 1 atom stereocenters. The van der Waals surface area contributed by atoms with Gasteiger partial charge in [-0.3, -0.25) is 9.69 Å². The number of nitrogens with one attached hydrogen (secondary N) is 2. The standard InChI is InChI=1S/C15H22BrN3O.ClH/c1-11-5-6-14(13(16)8-11)18-15(20)10-19-7-3-4-12(19)9-17-2;/h5-6,8,12,17H,3-4,7,9-10H2,1-2H3,(H,18,20);1H. The van der Waals surface area contributed by atoms with Crippen molar-refractivity contribution in [2.75, 3.05) is 32.0 Å². The van der Waals surface area contributed by atoms with Crippen LogP contribution < -0.4 is 10.6 Å². The summed E-state index contributed by atoms with van der Waals surface area (Å²) in [6.45, 7) is 4.45. The van der Waals surface area contributed by atoms with Gasteiger partial charge in [-0.2, -0.15) is 0 Å². The summed E-state index contributed by atoms with van der Waals surface area (Å²) in [6.07, 6.45) is 2.34. The van der Waals surface area contributed by atoms with Crippen molar-refractivity contribution in [2.45, 2.75) is 25.8 Å². The van der Waals surface area contributed by atoms with Crippen molar-refractivity contribution in [3.8, 4) is 0 Å². The molecule has 1 fully saturated rings. The molecule has 1 saturated heterocycles. The Bertz CT molecular complexity index is 484. The minimum absolute atomic E-state index is 0. The van der Waals surface area contributed by atoms with Gasteiger partial charge in [0.25, 0.3) is 0 Å². The van der Waals surface area contributed by atoms with Gasteiger partial charge in [-0.1, -0.05) is 6.07 Å². The second-order valence-corrected chi connectivity index (χ2v) is 6.21. The molecule has 0 bridgehead atoms. The average molecular weight is 377 g/mol. The number of carbonyl (C=O) groups excluding carboxylic acids is 1. The van der Waals surface area contributed by atoms with Crippen LogP contribution in [0.15, 0.2) is 22.7 Å². The molecule has 2 N–H and O–H groups in total. The molecule has 0 aliphatic carbocycles. The molecule has 0 radical (unpaired) electrons. The SMILES string of the molecule is CNCC1CCCN1CC(=O)Nc1ccc(C)cc1Br.Cl. The summed E-state index contributed by atoms with van der Waals surface area (Å²) in [5.41, 5.74) is 2.01. The molecule has 0 spiro atoms. The fourth-order valence-corrected chi connectivity index (χ4v) is 3.26. The molecule has 21 heavy (non-hydrogen) atoms. The molecule has 2 rings (SSSR count). The smallest absolute Gasteiger partial charge is 0.238 e. The largest absolute Gasteiger partial charge is 0.324 e. The van der Waals surface area contributed by atoms with Crippen molar-refractivity contribution < 1.29 is 4.79 Å². The van der Waals surface area contributed by atoms with E-state index < -0.39 is 0 Å². The lowest BCUT2D eigenvalue weighted by Gasteiger charge is -2.23. The van der Waals surface area contributed by atoms with Crippen LogP contribution in [0, 0.1) is 6.92 Å². The summed E-state index contributed by atoms with van der Waals surface area (Å²) < 4.78 is 0.930. The summed E-state index contributed by atoms with van der Waals surface area (Å²) in [5.74, 6) is 0.0533. The second kappa shape index (κ2) is 8.73. The maximum atomic E-state index is 12.2. The normalized spacial score (nSPS) is 18.3. The van der Waals surface area contributed by atoms with Crippen LogP contribution in [0.4, 0.5) is 5.69 Å². The van der Waals surface area contributed by atoms with Gasteiger partial charge in [0, 0.05) is 17.1 Å². The molecule has 6 heteroatoms. The van der Waals surface area contributed by atoms with Crippen LogP contribution in [-0.4, -0.2) is 43.5 Å². The maximum absolute atomic E-state index is 12.2. The fraction of sp³-hybridized carbons (Fsp3) is 0.533. The van der Waals surface area contributed by atoms with E-state index in [2.05, 4.69) is 31.5 Å². The van der Waals surface area contributed by atoms with Crippen LogP contribution in [0.1, 0.15) is 18.4 Å². The van der Waals surface area contributed by atoms with Crippen LogP contribution >= 0.6 is 28.3 Å². The molecular weight excluding hydrogens is 354 g/mol. The molecule has 0 saturated carbocycles. The average Bonchev–Trinajstić information content (AvgIpc) is 2.81. The van der Waals surface area contributed by atoms with Crippen molar-refractivity contribution in [2.24, 2.45) is 0 Å². The molecule has 1 aliphatic rings. The predicted molar refractivity (Wildman–Crippen MR) is 93.3 cm³/mol. The van der Waals surface area contributed by atoms with Gasteiger partial charge in [-0.05, 0) is 67.0 Å². The Morgan fingerprint density at radius 3 is 2.90 bits per heavy atom. The summed E-state index contributed by atoms with van der Waals surface area (Å²) in [5, 5.41) is 6.18. The highest BCUT2D eigenvalue weighted by Crippen LogP contribution is 2.23. The zero-order valence-electron chi connectivity index (χ0n) is 12.5. The Morgan fingerprint density at radius 2 is 2.24 bits per heavy atom. The topological polar surface area (TPSA) is 44.4 Å².